The van der Waals surface area contributed by atoms with Gasteiger partial charge in [-0.15, -0.1) is 0 Å². The van der Waals surface area contributed by atoms with Crippen LogP contribution in [-0.2, 0) is 4.79 Å². The first-order chi connectivity index (χ1) is 11.7. The molecule has 1 aromatic carbocycles. The van der Waals surface area contributed by atoms with Gasteiger partial charge in [0.2, 0.25) is 5.91 Å². The van der Waals surface area contributed by atoms with E-state index in [1.54, 1.807) is 19.4 Å². The number of benzene rings is 1. The minimum absolute atomic E-state index is 0.0203. The Bertz CT molecular complexity index is 766. The van der Waals surface area contributed by atoms with Crippen molar-refractivity contribution in [3.05, 3.63) is 46.9 Å². The van der Waals surface area contributed by atoms with E-state index >= 15 is 0 Å². The van der Waals surface area contributed by atoms with Crippen molar-refractivity contribution >= 4 is 17.3 Å². The largest absolute Gasteiger partial charge is 0.497 e. The highest BCUT2D eigenvalue weighted by Gasteiger charge is 2.25. The highest BCUT2D eigenvalue weighted by Crippen LogP contribution is 2.24. The van der Waals surface area contributed by atoms with Gasteiger partial charge in [0.15, 0.2) is 0 Å². The van der Waals surface area contributed by atoms with E-state index in [2.05, 4.69) is 20.4 Å². The number of aromatic amines is 1. The monoisotopic (exact) mass is 328 g/mol. The number of aromatic nitrogens is 2. The van der Waals surface area contributed by atoms with E-state index < -0.39 is 0 Å². The van der Waals surface area contributed by atoms with Crippen molar-refractivity contribution in [1.82, 2.24) is 10.2 Å². The van der Waals surface area contributed by atoms with Gasteiger partial charge in [-0.05, 0) is 25.0 Å². The second kappa shape index (κ2) is 7.16. The SMILES string of the molecule is COc1cccc(NC(=O)C2CCN(c3cn[nH]c(=O)c3)CC2)c1. The van der Waals surface area contributed by atoms with Crippen molar-refractivity contribution in [2.24, 2.45) is 5.92 Å². The van der Waals surface area contributed by atoms with Gasteiger partial charge in [-0.25, -0.2) is 5.10 Å². The maximum absolute atomic E-state index is 12.4. The minimum Gasteiger partial charge on any atom is -0.497 e. The quantitative estimate of drug-likeness (QED) is 0.891. The van der Waals surface area contributed by atoms with Gasteiger partial charge in [0, 0.05) is 36.8 Å². The Morgan fingerprint density at radius 2 is 2.12 bits per heavy atom. The molecule has 0 aliphatic carbocycles. The van der Waals surface area contributed by atoms with Gasteiger partial charge in [-0.3, -0.25) is 9.59 Å². The zero-order valence-electron chi connectivity index (χ0n) is 13.5. The summed E-state index contributed by atoms with van der Waals surface area (Å²) in [6.07, 6.45) is 3.11. The number of hydrogen-bond donors (Lipinski definition) is 2. The number of anilines is 2. The number of amides is 1. The number of rotatable bonds is 4. The fourth-order valence-electron chi connectivity index (χ4n) is 2.88. The Labute approximate surface area is 139 Å². The molecule has 1 aliphatic heterocycles. The van der Waals surface area contributed by atoms with Crippen molar-refractivity contribution < 1.29 is 9.53 Å². The molecule has 7 nitrogen and oxygen atoms in total. The summed E-state index contributed by atoms with van der Waals surface area (Å²) in [6.45, 7) is 1.45. The molecule has 1 aliphatic rings. The second-order valence-corrected chi connectivity index (χ2v) is 5.79. The third kappa shape index (κ3) is 3.73. The third-order valence-electron chi connectivity index (χ3n) is 4.22. The van der Waals surface area contributed by atoms with E-state index in [0.717, 1.165) is 37.3 Å². The fraction of sp³-hybridized carbons (Fsp3) is 0.353. The van der Waals surface area contributed by atoms with Crippen molar-refractivity contribution in [3.63, 3.8) is 0 Å². The number of carbonyl (C=O) groups is 1. The molecule has 24 heavy (non-hydrogen) atoms. The average Bonchev–Trinajstić information content (AvgIpc) is 2.62. The zero-order valence-corrected chi connectivity index (χ0v) is 13.5. The molecule has 2 heterocycles. The summed E-state index contributed by atoms with van der Waals surface area (Å²) in [4.78, 5) is 25.8. The number of methoxy groups -OCH3 is 1. The molecule has 0 spiro atoms. The van der Waals surface area contributed by atoms with Crippen LogP contribution in [0.4, 0.5) is 11.4 Å². The minimum atomic E-state index is -0.217. The Kier molecular flexibility index (Phi) is 4.79. The van der Waals surface area contributed by atoms with Gasteiger partial charge in [-0.1, -0.05) is 6.07 Å². The van der Waals surface area contributed by atoms with E-state index in [0.29, 0.717) is 5.75 Å². The van der Waals surface area contributed by atoms with Crippen LogP contribution < -0.4 is 20.5 Å². The lowest BCUT2D eigenvalue weighted by Gasteiger charge is -2.32. The molecule has 1 amide bonds. The molecule has 1 aromatic heterocycles. The van der Waals surface area contributed by atoms with Crippen LogP contribution in [0.25, 0.3) is 0 Å². The molecular weight excluding hydrogens is 308 g/mol. The molecular formula is C17H20N4O3. The smallest absolute Gasteiger partial charge is 0.266 e. The van der Waals surface area contributed by atoms with E-state index in [1.807, 2.05) is 18.2 Å². The van der Waals surface area contributed by atoms with Crippen molar-refractivity contribution in [2.75, 3.05) is 30.4 Å². The Hall–Kier alpha value is -2.83. The van der Waals surface area contributed by atoms with Crippen LogP contribution in [0, 0.1) is 5.92 Å². The first-order valence-electron chi connectivity index (χ1n) is 7.90. The summed E-state index contributed by atoms with van der Waals surface area (Å²) in [5, 5.41) is 9.13. The highest BCUT2D eigenvalue weighted by atomic mass is 16.5. The van der Waals surface area contributed by atoms with Gasteiger partial charge in [0.25, 0.3) is 5.56 Å². The Balaban J connectivity index is 1.58. The second-order valence-electron chi connectivity index (χ2n) is 5.79. The molecule has 3 rings (SSSR count). The number of piperidine rings is 1. The summed E-state index contributed by atoms with van der Waals surface area (Å²) in [7, 11) is 1.60. The summed E-state index contributed by atoms with van der Waals surface area (Å²) in [6, 6.07) is 8.86. The number of carbonyl (C=O) groups excluding carboxylic acids is 1. The number of nitrogens with one attached hydrogen (secondary N) is 2. The summed E-state index contributed by atoms with van der Waals surface area (Å²) in [5.74, 6) is 0.693. The molecule has 0 bridgehead atoms. The van der Waals surface area contributed by atoms with E-state index in [4.69, 9.17) is 4.74 Å². The first-order valence-corrected chi connectivity index (χ1v) is 7.90. The van der Waals surface area contributed by atoms with Crippen LogP contribution in [0.2, 0.25) is 0 Å². The van der Waals surface area contributed by atoms with Crippen LogP contribution in [0.1, 0.15) is 12.8 Å². The molecule has 126 valence electrons. The Morgan fingerprint density at radius 3 is 2.83 bits per heavy atom. The molecule has 7 heteroatoms. The Morgan fingerprint density at radius 1 is 1.33 bits per heavy atom. The molecule has 0 radical (unpaired) electrons. The van der Waals surface area contributed by atoms with Crippen LogP contribution in [0.3, 0.4) is 0 Å². The van der Waals surface area contributed by atoms with Gasteiger partial charge >= 0.3 is 0 Å². The van der Waals surface area contributed by atoms with Crippen LogP contribution in [0.15, 0.2) is 41.3 Å². The first kappa shape index (κ1) is 16.0. The van der Waals surface area contributed by atoms with Crippen LogP contribution in [0.5, 0.6) is 5.75 Å². The van der Waals surface area contributed by atoms with Crippen molar-refractivity contribution in [1.29, 1.82) is 0 Å². The lowest BCUT2D eigenvalue weighted by molar-refractivity contribution is -0.120. The molecule has 2 N–H and O–H groups in total. The van der Waals surface area contributed by atoms with Gasteiger partial charge in [-0.2, -0.15) is 5.10 Å². The molecule has 0 atom stereocenters. The predicted octanol–water partition coefficient (Wildman–Crippen LogP) is 1.63. The van der Waals surface area contributed by atoms with Crippen molar-refractivity contribution in [2.45, 2.75) is 12.8 Å². The fourth-order valence-corrected chi connectivity index (χ4v) is 2.88. The normalized spacial score (nSPS) is 15.1. The van der Waals surface area contributed by atoms with Crippen LogP contribution in [-0.4, -0.2) is 36.3 Å². The number of H-pyrrole nitrogens is 1. The molecule has 0 saturated carbocycles. The third-order valence-corrected chi connectivity index (χ3v) is 4.22. The standard InChI is InChI=1S/C17H20N4O3/c1-24-15-4-2-3-13(9-15)19-17(23)12-5-7-21(8-6-12)14-10-16(22)20-18-11-14/h2-4,9-12H,5-8H2,1H3,(H,19,23)(H,20,22). The van der Waals surface area contributed by atoms with Gasteiger partial charge < -0.3 is 15.0 Å². The molecule has 2 aromatic rings. The van der Waals surface area contributed by atoms with Gasteiger partial charge in [0.05, 0.1) is 19.0 Å². The maximum atomic E-state index is 12.4. The van der Waals surface area contributed by atoms with E-state index in [1.165, 1.54) is 6.07 Å². The lowest BCUT2D eigenvalue weighted by Crippen LogP contribution is -2.38. The van der Waals surface area contributed by atoms with E-state index in [-0.39, 0.29) is 17.4 Å². The lowest BCUT2D eigenvalue weighted by atomic mass is 9.95. The number of ether oxygens (including phenoxy) is 1. The van der Waals surface area contributed by atoms with Gasteiger partial charge in [0.1, 0.15) is 5.75 Å². The number of hydrogen-bond acceptors (Lipinski definition) is 5. The predicted molar refractivity (Wildman–Crippen MR) is 91.4 cm³/mol. The molecule has 0 unspecified atom stereocenters. The highest BCUT2D eigenvalue weighted by molar-refractivity contribution is 5.92. The van der Waals surface area contributed by atoms with E-state index in [9.17, 15) is 9.59 Å². The summed E-state index contributed by atoms with van der Waals surface area (Å²) < 4.78 is 5.16. The number of nitrogens with zero attached hydrogens (tertiary/aromatic N) is 2. The summed E-state index contributed by atoms with van der Waals surface area (Å²) in [5.41, 5.74) is 1.32. The van der Waals surface area contributed by atoms with Crippen molar-refractivity contribution in [3.8, 4) is 5.75 Å². The molecule has 1 saturated heterocycles. The van der Waals surface area contributed by atoms with Crippen LogP contribution >= 0.6 is 0 Å². The zero-order chi connectivity index (χ0) is 16.9. The molecule has 1 fully saturated rings. The average molecular weight is 328 g/mol. The summed E-state index contributed by atoms with van der Waals surface area (Å²) >= 11 is 0. The maximum Gasteiger partial charge on any atom is 0.266 e. The topological polar surface area (TPSA) is 87.3 Å².